The Morgan fingerprint density at radius 3 is 2.27 bits per heavy atom. The van der Waals surface area contributed by atoms with Gasteiger partial charge in [0.1, 0.15) is 0 Å². The van der Waals surface area contributed by atoms with Gasteiger partial charge in [-0.25, -0.2) is 0 Å². The first-order chi connectivity index (χ1) is 6.85. The highest BCUT2D eigenvalue weighted by Gasteiger charge is 2.37. The summed E-state index contributed by atoms with van der Waals surface area (Å²) in [6.07, 6.45) is 2.86. The minimum atomic E-state index is 0.187. The number of hydrogen-bond acceptors (Lipinski definition) is 3. The Labute approximate surface area is 93.2 Å². The lowest BCUT2D eigenvalue weighted by Gasteiger charge is -2.46. The molecule has 3 heteroatoms. The Hall–Kier alpha value is -0.590. The molecule has 86 valence electrons. The first-order valence-electron chi connectivity index (χ1n) is 5.74. The van der Waals surface area contributed by atoms with E-state index in [1.54, 1.807) is 0 Å². The van der Waals surface area contributed by atoms with E-state index in [4.69, 9.17) is 5.26 Å². The van der Waals surface area contributed by atoms with Crippen molar-refractivity contribution in [3.63, 3.8) is 0 Å². The van der Waals surface area contributed by atoms with Crippen LogP contribution in [0.5, 0.6) is 0 Å². The summed E-state index contributed by atoms with van der Waals surface area (Å²) in [6.45, 7) is 9.78. The van der Waals surface area contributed by atoms with Crippen molar-refractivity contribution in [1.82, 2.24) is 10.6 Å². The van der Waals surface area contributed by atoms with Gasteiger partial charge in [-0.05, 0) is 40.5 Å². The summed E-state index contributed by atoms with van der Waals surface area (Å²) < 4.78 is 0. The molecule has 0 bridgehead atoms. The molecule has 1 aliphatic rings. The highest BCUT2D eigenvalue weighted by Crippen LogP contribution is 2.28. The molecule has 1 aliphatic heterocycles. The van der Waals surface area contributed by atoms with E-state index >= 15 is 0 Å². The van der Waals surface area contributed by atoms with E-state index in [2.05, 4.69) is 44.4 Å². The summed E-state index contributed by atoms with van der Waals surface area (Å²) in [5, 5.41) is 15.6. The van der Waals surface area contributed by atoms with Crippen LogP contribution in [0.25, 0.3) is 0 Å². The molecule has 3 nitrogen and oxygen atoms in total. The minimum absolute atomic E-state index is 0.187. The molecular weight excluding hydrogens is 186 g/mol. The van der Waals surface area contributed by atoms with Gasteiger partial charge >= 0.3 is 0 Å². The fourth-order valence-electron chi connectivity index (χ4n) is 2.80. The maximum Gasteiger partial charge on any atom is 0.0635 e. The summed E-state index contributed by atoms with van der Waals surface area (Å²) >= 11 is 0. The zero-order valence-corrected chi connectivity index (χ0v) is 10.4. The minimum Gasteiger partial charge on any atom is -0.313 e. The van der Waals surface area contributed by atoms with Crippen LogP contribution in [0.3, 0.4) is 0 Å². The molecule has 0 amide bonds. The molecule has 0 aromatic carbocycles. The molecule has 0 spiro atoms. The van der Waals surface area contributed by atoms with Crippen LogP contribution >= 0.6 is 0 Å². The summed E-state index contributed by atoms with van der Waals surface area (Å²) in [5.41, 5.74) is 0.373. The zero-order chi connectivity index (χ0) is 11.5. The van der Waals surface area contributed by atoms with E-state index in [-0.39, 0.29) is 11.1 Å². The Morgan fingerprint density at radius 2 is 1.80 bits per heavy atom. The lowest BCUT2D eigenvalue weighted by atomic mass is 9.79. The predicted molar refractivity (Wildman–Crippen MR) is 62.5 cm³/mol. The fourth-order valence-corrected chi connectivity index (χ4v) is 2.80. The Kier molecular flexibility index (Phi) is 3.75. The third-order valence-corrected chi connectivity index (χ3v) is 2.86. The first kappa shape index (κ1) is 12.5. The van der Waals surface area contributed by atoms with Crippen molar-refractivity contribution in [2.24, 2.45) is 0 Å². The summed E-state index contributed by atoms with van der Waals surface area (Å²) in [5.74, 6) is 0. The number of nitriles is 1. The van der Waals surface area contributed by atoms with Crippen LogP contribution in [-0.2, 0) is 0 Å². The number of piperidine rings is 1. The van der Waals surface area contributed by atoms with E-state index in [1.165, 1.54) is 0 Å². The molecule has 15 heavy (non-hydrogen) atoms. The van der Waals surface area contributed by atoms with E-state index < -0.39 is 0 Å². The Morgan fingerprint density at radius 1 is 1.27 bits per heavy atom. The largest absolute Gasteiger partial charge is 0.313 e. The molecule has 0 saturated carbocycles. The molecule has 1 fully saturated rings. The highest BCUT2D eigenvalue weighted by molar-refractivity contribution is 4.99. The zero-order valence-electron chi connectivity index (χ0n) is 10.4. The second-order valence-corrected chi connectivity index (χ2v) is 5.86. The molecule has 0 atom stereocenters. The number of nitrogens with one attached hydrogen (secondary N) is 2. The van der Waals surface area contributed by atoms with Crippen molar-refractivity contribution in [3.05, 3.63) is 0 Å². The maximum absolute atomic E-state index is 8.50. The van der Waals surface area contributed by atoms with Gasteiger partial charge in [0.15, 0.2) is 0 Å². The molecule has 1 heterocycles. The molecule has 0 aliphatic carbocycles. The van der Waals surface area contributed by atoms with Crippen molar-refractivity contribution >= 4 is 0 Å². The summed E-state index contributed by atoms with van der Waals surface area (Å²) in [7, 11) is 0. The van der Waals surface area contributed by atoms with Gasteiger partial charge in [-0.2, -0.15) is 5.26 Å². The van der Waals surface area contributed by atoms with E-state index in [9.17, 15) is 0 Å². The average molecular weight is 209 g/mol. The van der Waals surface area contributed by atoms with Gasteiger partial charge in [0.05, 0.1) is 6.07 Å². The van der Waals surface area contributed by atoms with Crippen LogP contribution in [0, 0.1) is 11.3 Å². The van der Waals surface area contributed by atoms with Crippen molar-refractivity contribution in [2.75, 3.05) is 6.54 Å². The molecule has 1 rings (SSSR count). The van der Waals surface area contributed by atoms with Crippen LogP contribution in [-0.4, -0.2) is 23.7 Å². The van der Waals surface area contributed by atoms with E-state index in [0.29, 0.717) is 12.5 Å². The molecular formula is C12H23N3. The molecule has 0 radical (unpaired) electrons. The maximum atomic E-state index is 8.50. The molecule has 1 saturated heterocycles. The quantitative estimate of drug-likeness (QED) is 0.697. The number of rotatable bonds is 3. The highest BCUT2D eigenvalue weighted by atomic mass is 15.1. The fraction of sp³-hybridized carbons (Fsp3) is 0.917. The number of nitrogens with zero attached hydrogens (tertiary/aromatic N) is 1. The van der Waals surface area contributed by atoms with Crippen molar-refractivity contribution < 1.29 is 0 Å². The molecule has 0 aromatic rings. The van der Waals surface area contributed by atoms with Gasteiger partial charge < -0.3 is 10.6 Å². The van der Waals surface area contributed by atoms with Crippen LogP contribution in [0.4, 0.5) is 0 Å². The lowest BCUT2D eigenvalue weighted by Crippen LogP contribution is -2.61. The summed E-state index contributed by atoms with van der Waals surface area (Å²) in [6, 6.07) is 2.70. The molecule has 0 aromatic heterocycles. The lowest BCUT2D eigenvalue weighted by molar-refractivity contribution is 0.147. The first-order valence-corrected chi connectivity index (χ1v) is 5.74. The second-order valence-electron chi connectivity index (χ2n) is 5.86. The van der Waals surface area contributed by atoms with Gasteiger partial charge in [0, 0.05) is 30.1 Å². The van der Waals surface area contributed by atoms with E-state index in [1.807, 2.05) is 0 Å². The van der Waals surface area contributed by atoms with Crippen molar-refractivity contribution in [2.45, 2.75) is 64.1 Å². The molecule has 2 N–H and O–H groups in total. The Bertz CT molecular complexity index is 234. The SMILES string of the molecule is CC1(C)CC(NCCC#N)CC(C)(C)N1. The van der Waals surface area contributed by atoms with Crippen LogP contribution in [0.2, 0.25) is 0 Å². The van der Waals surface area contributed by atoms with Crippen LogP contribution in [0.15, 0.2) is 0 Å². The summed E-state index contributed by atoms with van der Waals surface area (Å²) in [4.78, 5) is 0. The van der Waals surface area contributed by atoms with Crippen molar-refractivity contribution in [1.29, 1.82) is 5.26 Å². The van der Waals surface area contributed by atoms with Gasteiger partial charge in [-0.3, -0.25) is 0 Å². The third kappa shape index (κ3) is 4.19. The van der Waals surface area contributed by atoms with Gasteiger partial charge in [-0.15, -0.1) is 0 Å². The van der Waals surface area contributed by atoms with Crippen LogP contribution < -0.4 is 10.6 Å². The van der Waals surface area contributed by atoms with Gasteiger partial charge in [0.2, 0.25) is 0 Å². The topological polar surface area (TPSA) is 47.9 Å². The predicted octanol–water partition coefficient (Wildman–Crippen LogP) is 1.80. The Balaban J connectivity index is 2.49. The second kappa shape index (κ2) is 4.51. The van der Waals surface area contributed by atoms with Crippen LogP contribution in [0.1, 0.15) is 47.0 Å². The number of hydrogen-bond donors (Lipinski definition) is 2. The normalized spacial score (nSPS) is 24.7. The smallest absolute Gasteiger partial charge is 0.0635 e. The average Bonchev–Trinajstić information content (AvgIpc) is 1.98. The molecule has 0 unspecified atom stereocenters. The van der Waals surface area contributed by atoms with Gasteiger partial charge in [-0.1, -0.05) is 0 Å². The van der Waals surface area contributed by atoms with Gasteiger partial charge in [0.25, 0.3) is 0 Å². The monoisotopic (exact) mass is 209 g/mol. The standard InChI is InChI=1S/C12H23N3/c1-11(2)8-10(14-7-5-6-13)9-12(3,4)15-11/h10,14-15H,5,7-9H2,1-4H3. The van der Waals surface area contributed by atoms with E-state index in [0.717, 1.165) is 19.4 Å². The van der Waals surface area contributed by atoms with Crippen molar-refractivity contribution in [3.8, 4) is 6.07 Å². The third-order valence-electron chi connectivity index (χ3n) is 2.86.